The summed E-state index contributed by atoms with van der Waals surface area (Å²) in [7, 11) is 0. The summed E-state index contributed by atoms with van der Waals surface area (Å²) in [5, 5.41) is 8.96. The van der Waals surface area contributed by atoms with Crippen molar-refractivity contribution in [3.63, 3.8) is 0 Å². The van der Waals surface area contributed by atoms with Gasteiger partial charge in [-0.15, -0.1) is 0 Å². The van der Waals surface area contributed by atoms with Crippen molar-refractivity contribution in [1.82, 2.24) is 9.97 Å². The second-order valence-corrected chi connectivity index (χ2v) is 4.47. The van der Waals surface area contributed by atoms with Crippen LogP contribution in [0.3, 0.4) is 0 Å². The van der Waals surface area contributed by atoms with Crippen molar-refractivity contribution in [3.05, 3.63) is 39.6 Å². The van der Waals surface area contributed by atoms with Crippen molar-refractivity contribution < 1.29 is 0 Å². The van der Waals surface area contributed by atoms with Gasteiger partial charge in [0, 0.05) is 10.0 Å². The number of hydrogen-bond donors (Lipinski definition) is 1. The maximum atomic E-state index is 8.60. The van der Waals surface area contributed by atoms with Gasteiger partial charge in [0.2, 0.25) is 0 Å². The highest BCUT2D eigenvalue weighted by Crippen LogP contribution is 2.23. The first-order valence-corrected chi connectivity index (χ1v) is 5.75. The van der Waals surface area contributed by atoms with Gasteiger partial charge < -0.3 is 4.98 Å². The van der Waals surface area contributed by atoms with Crippen molar-refractivity contribution >= 4 is 27.5 Å². The predicted octanol–water partition coefficient (Wildman–Crippen LogP) is 3.56. The highest BCUT2D eigenvalue weighted by atomic mass is 79.9. The Balaban J connectivity index is 2.38. The smallest absolute Gasteiger partial charge is 0.151 e. The minimum atomic E-state index is 0.238. The number of nitriles is 1. The van der Waals surface area contributed by atoms with Crippen molar-refractivity contribution in [1.29, 1.82) is 5.26 Å². The van der Waals surface area contributed by atoms with Crippen LogP contribution in [0.1, 0.15) is 5.69 Å². The molecule has 0 spiro atoms. The maximum absolute atomic E-state index is 8.60. The lowest BCUT2D eigenvalue weighted by Crippen LogP contribution is -1.83. The van der Waals surface area contributed by atoms with Crippen LogP contribution in [0.25, 0.3) is 11.4 Å². The van der Waals surface area contributed by atoms with E-state index in [1.165, 1.54) is 0 Å². The summed E-state index contributed by atoms with van der Waals surface area (Å²) in [6.07, 6.45) is 0.238. The molecule has 0 aliphatic heterocycles. The van der Waals surface area contributed by atoms with Crippen LogP contribution in [0.2, 0.25) is 5.15 Å². The Labute approximate surface area is 106 Å². The molecule has 0 unspecified atom stereocenters. The third kappa shape index (κ3) is 2.26. The van der Waals surface area contributed by atoms with E-state index in [1.807, 2.05) is 30.3 Å². The van der Waals surface area contributed by atoms with Crippen molar-refractivity contribution in [2.75, 3.05) is 0 Å². The SMILES string of the molecule is N#CCc1[nH]c(-c2ccc(Br)cc2)nc1Cl. The minimum absolute atomic E-state index is 0.238. The van der Waals surface area contributed by atoms with Crippen molar-refractivity contribution in [2.24, 2.45) is 0 Å². The molecule has 0 aliphatic rings. The zero-order valence-electron chi connectivity index (χ0n) is 8.17. The molecule has 0 radical (unpaired) electrons. The molecule has 0 atom stereocenters. The zero-order valence-corrected chi connectivity index (χ0v) is 10.5. The van der Waals surface area contributed by atoms with E-state index in [-0.39, 0.29) is 6.42 Å². The van der Waals surface area contributed by atoms with Crippen LogP contribution in [-0.4, -0.2) is 9.97 Å². The predicted molar refractivity (Wildman–Crippen MR) is 66.1 cm³/mol. The summed E-state index contributed by atoms with van der Waals surface area (Å²) in [4.78, 5) is 7.21. The van der Waals surface area contributed by atoms with Gasteiger partial charge in [-0.1, -0.05) is 39.7 Å². The summed E-state index contributed by atoms with van der Waals surface area (Å²) in [6.45, 7) is 0. The van der Waals surface area contributed by atoms with E-state index in [1.54, 1.807) is 0 Å². The van der Waals surface area contributed by atoms with E-state index in [4.69, 9.17) is 16.9 Å². The summed E-state index contributed by atoms with van der Waals surface area (Å²) in [6, 6.07) is 9.74. The standard InChI is InChI=1S/C11H7BrClN3/c12-8-3-1-7(2-4-8)11-15-9(5-6-14)10(13)16-11/h1-4H,5H2,(H,15,16). The van der Waals surface area contributed by atoms with E-state index in [2.05, 4.69) is 25.9 Å². The average molecular weight is 297 g/mol. The lowest BCUT2D eigenvalue weighted by Gasteiger charge is -1.96. The van der Waals surface area contributed by atoms with E-state index in [0.29, 0.717) is 16.7 Å². The molecule has 0 saturated heterocycles. The van der Waals surface area contributed by atoms with Crippen molar-refractivity contribution in [2.45, 2.75) is 6.42 Å². The molecule has 0 amide bonds. The Morgan fingerprint density at radius 1 is 1.38 bits per heavy atom. The maximum Gasteiger partial charge on any atom is 0.151 e. The molecule has 0 saturated carbocycles. The highest BCUT2D eigenvalue weighted by Gasteiger charge is 2.08. The largest absolute Gasteiger partial charge is 0.340 e. The quantitative estimate of drug-likeness (QED) is 0.921. The molecule has 0 fully saturated rings. The van der Waals surface area contributed by atoms with Gasteiger partial charge in [0.25, 0.3) is 0 Å². The molecule has 1 N–H and O–H groups in total. The number of benzene rings is 1. The fraction of sp³-hybridized carbons (Fsp3) is 0.0909. The number of hydrogen-bond acceptors (Lipinski definition) is 2. The molecule has 1 aromatic carbocycles. The third-order valence-corrected chi connectivity index (χ3v) is 2.94. The molecule has 80 valence electrons. The van der Waals surface area contributed by atoms with Crippen LogP contribution in [0.4, 0.5) is 0 Å². The fourth-order valence-corrected chi connectivity index (χ4v) is 1.79. The Bertz CT molecular complexity index is 539. The van der Waals surface area contributed by atoms with Crippen LogP contribution in [0, 0.1) is 11.3 Å². The van der Waals surface area contributed by atoms with Gasteiger partial charge in [-0.2, -0.15) is 5.26 Å². The summed E-state index contributed by atoms with van der Waals surface area (Å²) < 4.78 is 1.01. The molecular weight excluding hydrogens is 289 g/mol. The lowest BCUT2D eigenvalue weighted by molar-refractivity contribution is 1.16. The number of nitrogens with zero attached hydrogens (tertiary/aromatic N) is 2. The number of aromatic amines is 1. The number of rotatable bonds is 2. The molecule has 0 aliphatic carbocycles. The highest BCUT2D eigenvalue weighted by molar-refractivity contribution is 9.10. The second-order valence-electron chi connectivity index (χ2n) is 3.20. The fourth-order valence-electron chi connectivity index (χ4n) is 1.33. The van der Waals surface area contributed by atoms with Gasteiger partial charge in [0.15, 0.2) is 5.15 Å². The van der Waals surface area contributed by atoms with Crippen LogP contribution >= 0.6 is 27.5 Å². The van der Waals surface area contributed by atoms with Gasteiger partial charge in [-0.25, -0.2) is 4.98 Å². The first kappa shape index (κ1) is 11.2. The van der Waals surface area contributed by atoms with Crippen LogP contribution in [0.5, 0.6) is 0 Å². The Morgan fingerprint density at radius 3 is 2.69 bits per heavy atom. The molecule has 1 aromatic heterocycles. The van der Waals surface area contributed by atoms with Crippen LogP contribution in [0.15, 0.2) is 28.7 Å². The molecule has 5 heteroatoms. The van der Waals surface area contributed by atoms with Gasteiger partial charge in [-0.05, 0) is 12.1 Å². The normalized spacial score (nSPS) is 10.1. The molecule has 16 heavy (non-hydrogen) atoms. The Morgan fingerprint density at radius 2 is 2.06 bits per heavy atom. The van der Waals surface area contributed by atoms with Crippen LogP contribution < -0.4 is 0 Å². The molecular formula is C11H7BrClN3. The van der Waals surface area contributed by atoms with Crippen LogP contribution in [-0.2, 0) is 6.42 Å². The zero-order chi connectivity index (χ0) is 11.5. The molecule has 0 bridgehead atoms. The molecule has 2 aromatic rings. The Hall–Kier alpha value is -1.31. The van der Waals surface area contributed by atoms with Gasteiger partial charge in [0.1, 0.15) is 5.82 Å². The number of aromatic nitrogens is 2. The third-order valence-electron chi connectivity index (χ3n) is 2.10. The second kappa shape index (κ2) is 4.69. The number of H-pyrrole nitrogens is 1. The minimum Gasteiger partial charge on any atom is -0.340 e. The number of imidazole rings is 1. The van der Waals surface area contributed by atoms with Crippen molar-refractivity contribution in [3.8, 4) is 17.5 Å². The topological polar surface area (TPSA) is 52.5 Å². The van der Waals surface area contributed by atoms with E-state index >= 15 is 0 Å². The van der Waals surface area contributed by atoms with E-state index in [9.17, 15) is 0 Å². The summed E-state index contributed by atoms with van der Waals surface area (Å²) in [5.41, 5.74) is 1.59. The van der Waals surface area contributed by atoms with E-state index < -0.39 is 0 Å². The first-order valence-electron chi connectivity index (χ1n) is 4.58. The number of nitrogens with one attached hydrogen (secondary N) is 1. The van der Waals surface area contributed by atoms with Gasteiger partial charge in [0.05, 0.1) is 18.2 Å². The first-order chi connectivity index (χ1) is 7.70. The monoisotopic (exact) mass is 295 g/mol. The van der Waals surface area contributed by atoms with E-state index in [0.717, 1.165) is 10.0 Å². The summed E-state index contributed by atoms with van der Waals surface area (Å²) in [5.74, 6) is 0.683. The lowest BCUT2D eigenvalue weighted by atomic mass is 10.2. The summed E-state index contributed by atoms with van der Waals surface area (Å²) >= 11 is 9.26. The molecule has 3 nitrogen and oxygen atoms in total. The Kier molecular flexibility index (Phi) is 3.28. The number of halogens is 2. The molecule has 2 rings (SSSR count). The molecule has 1 heterocycles. The van der Waals surface area contributed by atoms with Gasteiger partial charge >= 0.3 is 0 Å². The van der Waals surface area contributed by atoms with Gasteiger partial charge in [-0.3, -0.25) is 0 Å². The average Bonchev–Trinajstić information content (AvgIpc) is 2.62.